The van der Waals surface area contributed by atoms with Crippen molar-refractivity contribution >= 4 is 11.9 Å². The average Bonchev–Trinajstić information content (AvgIpc) is 1.87. The molecule has 0 fully saturated rings. The van der Waals surface area contributed by atoms with Crippen molar-refractivity contribution in [3.05, 3.63) is 0 Å². The third kappa shape index (κ3) is 11.5. The van der Waals surface area contributed by atoms with Crippen molar-refractivity contribution in [2.24, 2.45) is 5.73 Å². The molecule has 0 aliphatic heterocycles. The molecule has 0 rings (SSSR count). The lowest BCUT2D eigenvalue weighted by atomic mass is 10.4. The lowest BCUT2D eigenvalue weighted by molar-refractivity contribution is -0.139. The predicted molar refractivity (Wildman–Crippen MR) is 33.4 cm³/mol. The number of carboxylic acids is 1. The lowest BCUT2D eigenvalue weighted by Gasteiger charge is -2.00. The number of aliphatic carboxylic acids is 1. The minimum absolute atomic E-state index is 0.454. The first-order valence-corrected chi connectivity index (χ1v) is 2.67. The molecule has 12 heavy (non-hydrogen) atoms. The normalized spacial score (nSPS) is 9.67. The van der Waals surface area contributed by atoms with Crippen LogP contribution >= 0.6 is 0 Å². The molecular weight excluding hydrogens is 179 g/mol. The van der Waals surface area contributed by atoms with Gasteiger partial charge in [-0.3, -0.25) is 4.79 Å². The highest BCUT2D eigenvalue weighted by molar-refractivity contribution is 5.80. The zero-order chi connectivity index (χ0) is 10.4. The van der Waals surface area contributed by atoms with Gasteiger partial charge in [-0.05, 0) is 0 Å². The first-order chi connectivity index (χ1) is 5.21. The maximum absolute atomic E-state index is 11.4. The van der Waals surface area contributed by atoms with Crippen LogP contribution in [0.25, 0.3) is 0 Å². The Kier molecular flexibility index (Phi) is 5.99. The zero-order valence-electron chi connectivity index (χ0n) is 6.18. The van der Waals surface area contributed by atoms with Crippen LogP contribution in [-0.2, 0) is 9.59 Å². The Bertz CT molecular complexity index is 166. The van der Waals surface area contributed by atoms with Gasteiger partial charge >= 0.3 is 11.9 Å². The topological polar surface area (TPSA) is 80.4 Å². The average molecular weight is 187 g/mol. The molecule has 72 valence electrons. The molecular formula is C5H8F3NO3. The molecule has 0 aromatic carbocycles. The Balaban J connectivity index is 0. The summed E-state index contributed by atoms with van der Waals surface area (Å²) in [7, 11) is 0. The Morgan fingerprint density at radius 1 is 1.50 bits per heavy atom. The van der Waals surface area contributed by atoms with E-state index in [1.807, 2.05) is 0 Å². The van der Waals surface area contributed by atoms with E-state index in [-0.39, 0.29) is 0 Å². The molecule has 0 aromatic rings. The van der Waals surface area contributed by atoms with Crippen LogP contribution in [0, 0.1) is 0 Å². The van der Waals surface area contributed by atoms with E-state index in [1.54, 1.807) is 0 Å². The third-order valence-corrected chi connectivity index (χ3v) is 0.547. The summed E-state index contributed by atoms with van der Waals surface area (Å²) in [6.07, 6.45) is 0. The Labute approximate surface area is 66.2 Å². The van der Waals surface area contributed by atoms with E-state index >= 15 is 0 Å². The summed E-state index contributed by atoms with van der Waals surface area (Å²) >= 11 is 0. The summed E-state index contributed by atoms with van der Waals surface area (Å²) in [5.74, 6) is -6.36. The van der Waals surface area contributed by atoms with Crippen molar-refractivity contribution in [2.75, 3.05) is 6.67 Å². The highest BCUT2D eigenvalue weighted by Crippen LogP contribution is 2.08. The van der Waals surface area contributed by atoms with E-state index in [0.717, 1.165) is 0 Å². The Morgan fingerprint density at radius 3 is 1.67 bits per heavy atom. The van der Waals surface area contributed by atoms with Gasteiger partial charge in [-0.2, -0.15) is 8.78 Å². The van der Waals surface area contributed by atoms with Crippen molar-refractivity contribution < 1.29 is 27.9 Å². The van der Waals surface area contributed by atoms with Gasteiger partial charge < -0.3 is 10.8 Å². The summed E-state index contributed by atoms with van der Waals surface area (Å²) in [5, 5.41) is 7.35. The molecule has 0 atom stereocenters. The highest BCUT2D eigenvalue weighted by Gasteiger charge is 2.28. The van der Waals surface area contributed by atoms with E-state index in [9.17, 15) is 18.0 Å². The predicted octanol–water partition coefficient (Wildman–Crippen LogP) is 0.167. The van der Waals surface area contributed by atoms with Crippen molar-refractivity contribution in [2.45, 2.75) is 12.8 Å². The number of carbonyl (C=O) groups is 2. The van der Waals surface area contributed by atoms with Gasteiger partial charge in [0.1, 0.15) is 0 Å². The van der Waals surface area contributed by atoms with Crippen molar-refractivity contribution in [3.63, 3.8) is 0 Å². The first kappa shape index (κ1) is 13.3. The number of amides is 1. The van der Waals surface area contributed by atoms with E-state index < -0.39 is 24.5 Å². The number of carboxylic acid groups (broad SMARTS) is 1. The van der Waals surface area contributed by atoms with Gasteiger partial charge in [0.25, 0.3) is 5.91 Å². The number of carbonyl (C=O) groups excluding carboxylic acids is 1. The third-order valence-electron chi connectivity index (χ3n) is 0.547. The molecule has 7 heteroatoms. The molecule has 0 unspecified atom stereocenters. The summed E-state index contributed by atoms with van der Waals surface area (Å²) in [6.45, 7) is -0.824. The molecule has 0 bridgehead atoms. The second-order valence-corrected chi connectivity index (χ2v) is 1.78. The molecule has 0 aromatic heterocycles. The van der Waals surface area contributed by atoms with Crippen LogP contribution in [0.5, 0.6) is 0 Å². The van der Waals surface area contributed by atoms with Crippen LogP contribution < -0.4 is 5.73 Å². The Hall–Kier alpha value is -1.27. The second-order valence-electron chi connectivity index (χ2n) is 1.78. The van der Waals surface area contributed by atoms with Crippen LogP contribution in [0.1, 0.15) is 6.92 Å². The monoisotopic (exact) mass is 187 g/mol. The molecule has 0 radical (unpaired) electrons. The summed E-state index contributed by atoms with van der Waals surface area (Å²) in [5.41, 5.74) is 4.18. The fraction of sp³-hybridized carbons (Fsp3) is 0.600. The van der Waals surface area contributed by atoms with Crippen molar-refractivity contribution in [1.29, 1.82) is 0 Å². The molecule has 0 aliphatic carbocycles. The van der Waals surface area contributed by atoms with Gasteiger partial charge in [-0.25, -0.2) is 9.18 Å². The molecule has 0 aliphatic rings. The first-order valence-electron chi connectivity index (χ1n) is 2.67. The number of rotatable bonds is 2. The summed E-state index contributed by atoms with van der Waals surface area (Å²) < 4.78 is 33.3. The van der Waals surface area contributed by atoms with E-state index in [1.165, 1.54) is 0 Å². The molecule has 0 heterocycles. The van der Waals surface area contributed by atoms with Crippen LogP contribution in [0.3, 0.4) is 0 Å². The Morgan fingerprint density at radius 2 is 1.67 bits per heavy atom. The number of hydrogen-bond acceptors (Lipinski definition) is 2. The summed E-state index contributed by atoms with van der Waals surface area (Å²) in [4.78, 5) is 18.5. The number of halogens is 3. The minimum atomic E-state index is -3.36. The molecule has 0 saturated heterocycles. The van der Waals surface area contributed by atoms with Gasteiger partial charge in [0.05, 0.1) is 0 Å². The van der Waals surface area contributed by atoms with Crippen molar-refractivity contribution in [3.8, 4) is 0 Å². The fourth-order valence-corrected chi connectivity index (χ4v) is 0. The van der Waals surface area contributed by atoms with Crippen LogP contribution in [-0.4, -0.2) is 29.6 Å². The second kappa shape index (κ2) is 5.39. The molecule has 0 spiro atoms. The molecule has 3 N–H and O–H groups in total. The van der Waals surface area contributed by atoms with Gasteiger partial charge in [0, 0.05) is 6.92 Å². The highest BCUT2D eigenvalue weighted by atomic mass is 19.3. The van der Waals surface area contributed by atoms with Crippen LogP contribution in [0.4, 0.5) is 13.2 Å². The SMILES string of the molecule is CC(F)(F)C(N)=O.O=C(O)CF. The number of alkyl halides is 3. The van der Waals surface area contributed by atoms with E-state index in [4.69, 9.17) is 9.90 Å². The quantitative estimate of drug-likeness (QED) is 0.646. The van der Waals surface area contributed by atoms with Gasteiger partial charge in [0.2, 0.25) is 0 Å². The number of primary amides is 1. The summed E-state index contributed by atoms with van der Waals surface area (Å²) in [6, 6.07) is 0. The van der Waals surface area contributed by atoms with Crippen molar-refractivity contribution in [1.82, 2.24) is 0 Å². The molecule has 1 amide bonds. The fourth-order valence-electron chi connectivity index (χ4n) is 0. The maximum atomic E-state index is 11.4. The van der Waals surface area contributed by atoms with Gasteiger partial charge in [-0.15, -0.1) is 0 Å². The molecule has 4 nitrogen and oxygen atoms in total. The van der Waals surface area contributed by atoms with E-state index in [0.29, 0.717) is 6.92 Å². The van der Waals surface area contributed by atoms with E-state index in [2.05, 4.69) is 5.73 Å². The number of nitrogens with two attached hydrogens (primary N) is 1. The lowest BCUT2D eigenvalue weighted by Crippen LogP contribution is -2.31. The zero-order valence-corrected chi connectivity index (χ0v) is 6.18. The molecule has 0 saturated carbocycles. The van der Waals surface area contributed by atoms with Gasteiger partial charge in [-0.1, -0.05) is 0 Å². The smallest absolute Gasteiger partial charge is 0.335 e. The van der Waals surface area contributed by atoms with Gasteiger partial charge in [0.15, 0.2) is 6.67 Å². The van der Waals surface area contributed by atoms with Crippen LogP contribution in [0.15, 0.2) is 0 Å². The maximum Gasteiger partial charge on any atom is 0.335 e. The minimum Gasteiger partial charge on any atom is -0.479 e. The standard InChI is InChI=1S/C3H5F2NO.C2H3FO2/c1-3(4,5)2(6)7;3-1-2(4)5/h1H3,(H2,6,7);1H2,(H,4,5). The largest absolute Gasteiger partial charge is 0.479 e. The van der Waals surface area contributed by atoms with Crippen LogP contribution in [0.2, 0.25) is 0 Å². The number of hydrogen-bond donors (Lipinski definition) is 2.